The molecular formula is C25H26N6O2S. The summed E-state index contributed by atoms with van der Waals surface area (Å²) in [5.41, 5.74) is 2.15. The summed E-state index contributed by atoms with van der Waals surface area (Å²) in [5.74, 6) is 0.173. The van der Waals surface area contributed by atoms with Gasteiger partial charge in [-0.15, -0.1) is 0 Å². The molecule has 1 saturated carbocycles. The molecule has 2 fully saturated rings. The van der Waals surface area contributed by atoms with E-state index in [1.165, 1.54) is 3.97 Å². The molecule has 1 saturated heterocycles. The maximum atomic E-state index is 13.3. The molecule has 1 aliphatic carbocycles. The lowest BCUT2D eigenvalue weighted by Gasteiger charge is -2.35. The molecule has 9 heteroatoms. The number of imidazole rings is 1. The number of nitriles is 1. The Morgan fingerprint density at radius 2 is 1.74 bits per heavy atom. The summed E-state index contributed by atoms with van der Waals surface area (Å²) in [6.45, 7) is 1.92. The van der Waals surface area contributed by atoms with Crippen LogP contribution < -0.4 is 0 Å². The molecule has 0 radical (unpaired) electrons. The van der Waals surface area contributed by atoms with E-state index in [1.54, 1.807) is 42.7 Å². The molecule has 174 valence electrons. The Bertz CT molecular complexity index is 1490. The van der Waals surface area contributed by atoms with Crippen LogP contribution in [0.15, 0.2) is 60.0 Å². The average Bonchev–Trinajstić information content (AvgIpc) is 3.62. The van der Waals surface area contributed by atoms with E-state index in [4.69, 9.17) is 0 Å². The molecule has 1 aliphatic heterocycles. The van der Waals surface area contributed by atoms with Gasteiger partial charge in [0.15, 0.2) is 5.65 Å². The van der Waals surface area contributed by atoms with Gasteiger partial charge in [-0.25, -0.2) is 22.4 Å². The third-order valence-electron chi connectivity index (χ3n) is 7.49. The minimum Gasteiger partial charge on any atom is -0.327 e. The highest BCUT2D eigenvalue weighted by Gasteiger charge is 2.32. The SMILES string of the molecule is N#C[C@@H]1CCN(C2CCC(n3cnc4cnc5c(ccn5S(=O)(=O)c5ccccc5)c43)CC2)C1. The van der Waals surface area contributed by atoms with Crippen LogP contribution in [0.1, 0.15) is 38.1 Å². The van der Waals surface area contributed by atoms with Crippen LogP contribution >= 0.6 is 0 Å². The summed E-state index contributed by atoms with van der Waals surface area (Å²) in [5, 5.41) is 10.0. The Morgan fingerprint density at radius 1 is 0.971 bits per heavy atom. The molecule has 0 amide bonds. The lowest BCUT2D eigenvalue weighted by atomic mass is 9.90. The van der Waals surface area contributed by atoms with Crippen molar-refractivity contribution in [2.75, 3.05) is 13.1 Å². The molecule has 0 spiro atoms. The first kappa shape index (κ1) is 21.3. The van der Waals surface area contributed by atoms with Crippen LogP contribution in [-0.2, 0) is 10.0 Å². The molecule has 0 unspecified atom stereocenters. The number of benzene rings is 1. The second-order valence-corrected chi connectivity index (χ2v) is 11.2. The van der Waals surface area contributed by atoms with E-state index in [0.717, 1.165) is 61.6 Å². The third kappa shape index (κ3) is 3.40. The van der Waals surface area contributed by atoms with E-state index in [0.29, 0.717) is 17.7 Å². The van der Waals surface area contributed by atoms with Crippen molar-refractivity contribution in [1.29, 1.82) is 5.26 Å². The smallest absolute Gasteiger partial charge is 0.269 e. The van der Waals surface area contributed by atoms with Crippen molar-refractivity contribution in [2.24, 2.45) is 5.92 Å². The van der Waals surface area contributed by atoms with Crippen molar-refractivity contribution < 1.29 is 8.42 Å². The van der Waals surface area contributed by atoms with Gasteiger partial charge in [-0.05, 0) is 56.8 Å². The summed E-state index contributed by atoms with van der Waals surface area (Å²) in [7, 11) is -3.74. The molecule has 1 atom stereocenters. The van der Waals surface area contributed by atoms with Crippen molar-refractivity contribution >= 4 is 32.1 Å². The number of aromatic nitrogens is 4. The van der Waals surface area contributed by atoms with E-state index < -0.39 is 10.0 Å². The van der Waals surface area contributed by atoms with Crippen molar-refractivity contribution in [3.05, 3.63) is 55.1 Å². The molecule has 1 aromatic carbocycles. The van der Waals surface area contributed by atoms with Gasteiger partial charge in [-0.1, -0.05) is 18.2 Å². The highest BCUT2D eigenvalue weighted by molar-refractivity contribution is 7.90. The zero-order valence-electron chi connectivity index (χ0n) is 18.8. The molecule has 3 aromatic heterocycles. The van der Waals surface area contributed by atoms with Crippen LogP contribution in [0.2, 0.25) is 0 Å². The summed E-state index contributed by atoms with van der Waals surface area (Å²) in [6, 6.07) is 13.6. The highest BCUT2D eigenvalue weighted by atomic mass is 32.2. The molecule has 0 N–H and O–H groups in total. The van der Waals surface area contributed by atoms with Gasteiger partial charge in [-0.2, -0.15) is 5.26 Å². The normalized spacial score (nSPS) is 24.0. The fourth-order valence-corrected chi connectivity index (χ4v) is 7.01. The average molecular weight is 475 g/mol. The van der Waals surface area contributed by atoms with Crippen LogP contribution in [0, 0.1) is 17.2 Å². The number of likely N-dealkylation sites (tertiary alicyclic amines) is 1. The van der Waals surface area contributed by atoms with E-state index in [9.17, 15) is 13.7 Å². The fourth-order valence-electron chi connectivity index (χ4n) is 5.69. The van der Waals surface area contributed by atoms with Crippen molar-refractivity contribution in [1.82, 2.24) is 23.4 Å². The summed E-state index contributed by atoms with van der Waals surface area (Å²) in [4.78, 5) is 11.8. The van der Waals surface area contributed by atoms with Gasteiger partial charge >= 0.3 is 0 Å². The predicted molar refractivity (Wildman–Crippen MR) is 129 cm³/mol. The van der Waals surface area contributed by atoms with Gasteiger partial charge in [0.05, 0.1) is 34.9 Å². The first-order valence-electron chi connectivity index (χ1n) is 11.8. The van der Waals surface area contributed by atoms with Gasteiger partial charge in [-0.3, -0.25) is 4.90 Å². The quantitative estimate of drug-likeness (QED) is 0.444. The Morgan fingerprint density at radius 3 is 2.47 bits per heavy atom. The number of hydrogen-bond donors (Lipinski definition) is 0. The zero-order chi connectivity index (χ0) is 23.3. The number of fused-ring (bicyclic) bond motifs is 3. The van der Waals surface area contributed by atoms with Crippen LogP contribution in [0.4, 0.5) is 0 Å². The van der Waals surface area contributed by atoms with Crippen LogP contribution in [0.3, 0.4) is 0 Å². The van der Waals surface area contributed by atoms with E-state index in [2.05, 4.69) is 25.5 Å². The van der Waals surface area contributed by atoms with Gasteiger partial charge in [0.2, 0.25) is 0 Å². The monoisotopic (exact) mass is 474 g/mol. The number of hydrogen-bond acceptors (Lipinski definition) is 6. The topological polar surface area (TPSA) is 96.8 Å². The number of nitrogens with zero attached hydrogens (tertiary/aromatic N) is 6. The highest BCUT2D eigenvalue weighted by Crippen LogP contribution is 2.36. The zero-order valence-corrected chi connectivity index (χ0v) is 19.6. The molecule has 34 heavy (non-hydrogen) atoms. The second kappa shape index (κ2) is 8.22. The maximum Gasteiger partial charge on any atom is 0.269 e. The molecule has 2 aliphatic rings. The maximum absolute atomic E-state index is 13.3. The third-order valence-corrected chi connectivity index (χ3v) is 9.17. The van der Waals surface area contributed by atoms with Crippen LogP contribution in [-0.4, -0.2) is 51.0 Å². The molecule has 4 aromatic rings. The molecule has 4 heterocycles. The Labute approximate surface area is 198 Å². The molecule has 0 bridgehead atoms. The summed E-state index contributed by atoms with van der Waals surface area (Å²) < 4.78 is 30.0. The minimum absolute atomic E-state index is 0.173. The first-order valence-corrected chi connectivity index (χ1v) is 13.3. The first-order chi connectivity index (χ1) is 16.6. The lowest BCUT2D eigenvalue weighted by molar-refractivity contribution is 0.165. The summed E-state index contributed by atoms with van der Waals surface area (Å²) in [6.07, 6.45) is 10.4. The van der Waals surface area contributed by atoms with E-state index >= 15 is 0 Å². The Hall–Kier alpha value is -3.22. The summed E-state index contributed by atoms with van der Waals surface area (Å²) >= 11 is 0. The fraction of sp³-hybridized carbons (Fsp3) is 0.400. The van der Waals surface area contributed by atoms with Crippen molar-refractivity contribution in [2.45, 2.75) is 49.1 Å². The predicted octanol–water partition coefficient (Wildman–Crippen LogP) is 3.95. The standard InChI is InChI=1S/C25H26N6O2S/c26-14-18-10-12-29(16-18)19-6-8-20(9-7-19)30-17-28-23-15-27-25-22(24(23)30)11-13-31(25)34(32,33)21-4-2-1-3-5-21/h1-5,11,13,15,17-20H,6-10,12,16H2/t18-,19?,20?/m0/s1. The van der Waals surface area contributed by atoms with Gasteiger partial charge in [0.25, 0.3) is 10.0 Å². The Balaban J connectivity index is 1.32. The minimum atomic E-state index is -3.74. The molecule has 6 rings (SSSR count). The molecule has 8 nitrogen and oxygen atoms in total. The second-order valence-electron chi connectivity index (χ2n) is 9.38. The van der Waals surface area contributed by atoms with Crippen LogP contribution in [0.25, 0.3) is 22.1 Å². The van der Waals surface area contributed by atoms with Crippen molar-refractivity contribution in [3.8, 4) is 6.07 Å². The van der Waals surface area contributed by atoms with Crippen LogP contribution in [0.5, 0.6) is 0 Å². The van der Waals surface area contributed by atoms with Crippen molar-refractivity contribution in [3.63, 3.8) is 0 Å². The number of pyridine rings is 1. The molecular weight excluding hydrogens is 448 g/mol. The lowest BCUT2D eigenvalue weighted by Crippen LogP contribution is -2.36. The van der Waals surface area contributed by atoms with E-state index in [-0.39, 0.29) is 10.8 Å². The number of rotatable bonds is 4. The van der Waals surface area contributed by atoms with Gasteiger partial charge in [0.1, 0.15) is 5.52 Å². The largest absolute Gasteiger partial charge is 0.327 e. The Kier molecular flexibility index (Phi) is 5.15. The van der Waals surface area contributed by atoms with Gasteiger partial charge < -0.3 is 4.57 Å². The van der Waals surface area contributed by atoms with E-state index in [1.807, 2.05) is 12.4 Å². The van der Waals surface area contributed by atoms with Gasteiger partial charge in [0, 0.05) is 30.2 Å².